The first-order chi connectivity index (χ1) is 18.6. The van der Waals surface area contributed by atoms with E-state index in [2.05, 4.69) is 16.0 Å². The van der Waals surface area contributed by atoms with Gasteiger partial charge in [0.2, 0.25) is 0 Å². The largest absolute Gasteiger partial charge is 0.493 e. The van der Waals surface area contributed by atoms with E-state index in [9.17, 15) is 9.59 Å². The molecule has 1 aliphatic rings. The molecule has 3 amide bonds. The number of hydrogen-bond acceptors (Lipinski definition) is 5. The van der Waals surface area contributed by atoms with E-state index in [1.165, 1.54) is 7.11 Å². The molecule has 3 aromatic carbocycles. The quantitative estimate of drug-likeness (QED) is 0.303. The minimum absolute atomic E-state index is 0.267. The lowest BCUT2D eigenvalue weighted by atomic mass is 9.94. The normalized spacial score (nSPS) is 14.3. The molecule has 0 aliphatic carbocycles. The lowest BCUT2D eigenvalue weighted by Crippen LogP contribution is -2.46. The Bertz CT molecular complexity index is 1380. The number of amides is 3. The smallest absolute Gasteiger partial charge is 0.319 e. The van der Waals surface area contributed by atoms with Crippen LogP contribution in [0.1, 0.15) is 36.6 Å². The number of carboxylic acids is 1. The zero-order chi connectivity index (χ0) is 28.5. The van der Waals surface area contributed by atoms with Gasteiger partial charge in [-0.25, -0.2) is 4.79 Å². The molecule has 4 rings (SSSR count). The molecular formula is C29H30ClN3O6. The third-order valence-corrected chi connectivity index (χ3v) is 6.05. The lowest BCUT2D eigenvalue weighted by molar-refractivity contribution is -0.134. The number of halogens is 1. The van der Waals surface area contributed by atoms with Crippen LogP contribution in [0.2, 0.25) is 5.02 Å². The van der Waals surface area contributed by atoms with Crippen molar-refractivity contribution in [3.63, 3.8) is 0 Å². The Morgan fingerprint density at radius 1 is 1.03 bits per heavy atom. The Hall–Kier alpha value is -4.50. The van der Waals surface area contributed by atoms with Crippen LogP contribution in [0.15, 0.2) is 78.0 Å². The van der Waals surface area contributed by atoms with Gasteiger partial charge in [0.25, 0.3) is 11.9 Å². The summed E-state index contributed by atoms with van der Waals surface area (Å²) in [5.41, 5.74) is 4.15. The van der Waals surface area contributed by atoms with Crippen molar-refractivity contribution in [2.75, 3.05) is 12.4 Å². The van der Waals surface area contributed by atoms with Crippen molar-refractivity contribution in [1.29, 1.82) is 0 Å². The average molecular weight is 552 g/mol. The lowest BCUT2D eigenvalue weighted by Gasteiger charge is -2.29. The standard InChI is InChI=1S/C27H26ClN3O4.C2H4O2/c1-16-8-11-20(12-9-16)30-26(32)24-17(2)29-27(33)31-25(24)18-10-13-22(23(14-18)34-3)35-15-19-6-4-5-7-21(19)28;1-2(3)4/h4-14,25H,15H2,1-3H3,(H,30,32)(H2,29,31,33);1H3,(H,3,4). The van der Waals surface area contributed by atoms with Crippen LogP contribution in [0.4, 0.5) is 10.5 Å². The number of aliphatic carboxylic acids is 1. The maximum atomic E-state index is 13.2. The summed E-state index contributed by atoms with van der Waals surface area (Å²) in [6.07, 6.45) is 0. The predicted octanol–water partition coefficient (Wildman–Crippen LogP) is 5.59. The molecule has 1 heterocycles. The van der Waals surface area contributed by atoms with Gasteiger partial charge in [-0.05, 0) is 49.7 Å². The highest BCUT2D eigenvalue weighted by molar-refractivity contribution is 6.31. The zero-order valence-electron chi connectivity index (χ0n) is 22.0. The number of carbonyl (C=O) groups is 3. The fourth-order valence-corrected chi connectivity index (χ4v) is 4.02. The summed E-state index contributed by atoms with van der Waals surface area (Å²) in [6.45, 7) is 5.03. The van der Waals surface area contributed by atoms with Crippen LogP contribution in [0.3, 0.4) is 0 Å². The fraction of sp³-hybridized carbons (Fsp3) is 0.207. The van der Waals surface area contributed by atoms with Crippen LogP contribution in [0.25, 0.3) is 0 Å². The van der Waals surface area contributed by atoms with Gasteiger partial charge < -0.3 is 30.5 Å². The van der Waals surface area contributed by atoms with E-state index < -0.39 is 18.0 Å². The average Bonchev–Trinajstić information content (AvgIpc) is 2.88. The van der Waals surface area contributed by atoms with Gasteiger partial charge in [-0.2, -0.15) is 0 Å². The van der Waals surface area contributed by atoms with Gasteiger partial charge in [0.1, 0.15) is 6.61 Å². The second kappa shape index (κ2) is 13.3. The maximum Gasteiger partial charge on any atom is 0.319 e. The van der Waals surface area contributed by atoms with Crippen molar-refractivity contribution in [3.8, 4) is 11.5 Å². The van der Waals surface area contributed by atoms with Crippen molar-refractivity contribution in [1.82, 2.24) is 10.6 Å². The molecule has 204 valence electrons. The summed E-state index contributed by atoms with van der Waals surface area (Å²) in [4.78, 5) is 34.5. The second-order valence-electron chi connectivity index (χ2n) is 8.70. The van der Waals surface area contributed by atoms with Gasteiger partial charge in [0.05, 0.1) is 18.7 Å². The SMILES string of the molecule is CC(=O)O.COc1cc(C2NC(=O)NC(C)=C2C(=O)Nc2ccc(C)cc2)ccc1OCc1ccccc1Cl. The van der Waals surface area contributed by atoms with E-state index in [1.54, 1.807) is 31.2 Å². The highest BCUT2D eigenvalue weighted by Gasteiger charge is 2.32. The first-order valence-corrected chi connectivity index (χ1v) is 12.4. The number of carbonyl (C=O) groups excluding carboxylic acids is 2. The minimum atomic E-state index is -0.833. The van der Waals surface area contributed by atoms with Crippen molar-refractivity contribution < 1.29 is 29.0 Å². The van der Waals surface area contributed by atoms with Gasteiger partial charge in [0.15, 0.2) is 11.5 Å². The van der Waals surface area contributed by atoms with Gasteiger partial charge in [-0.3, -0.25) is 9.59 Å². The van der Waals surface area contributed by atoms with Gasteiger partial charge in [-0.15, -0.1) is 0 Å². The number of aryl methyl sites for hydroxylation is 1. The van der Waals surface area contributed by atoms with E-state index in [0.717, 1.165) is 18.1 Å². The highest BCUT2D eigenvalue weighted by atomic mass is 35.5. The second-order valence-corrected chi connectivity index (χ2v) is 9.11. The van der Waals surface area contributed by atoms with Crippen molar-refractivity contribution in [2.45, 2.75) is 33.4 Å². The number of benzene rings is 3. The van der Waals surface area contributed by atoms with Crippen LogP contribution in [0.5, 0.6) is 11.5 Å². The summed E-state index contributed by atoms with van der Waals surface area (Å²) in [5, 5.41) is 16.5. The van der Waals surface area contributed by atoms with E-state index in [1.807, 2.05) is 49.4 Å². The number of hydrogen-bond donors (Lipinski definition) is 4. The third kappa shape index (κ3) is 7.99. The van der Waals surface area contributed by atoms with Gasteiger partial charge in [0, 0.05) is 28.9 Å². The monoisotopic (exact) mass is 551 g/mol. The molecule has 3 aromatic rings. The summed E-state index contributed by atoms with van der Waals surface area (Å²) in [7, 11) is 1.54. The molecule has 0 radical (unpaired) electrons. The van der Waals surface area contributed by atoms with E-state index >= 15 is 0 Å². The van der Waals surface area contributed by atoms with Gasteiger partial charge in [-0.1, -0.05) is 53.6 Å². The molecule has 0 bridgehead atoms. The molecule has 10 heteroatoms. The molecule has 0 fully saturated rings. The Labute approximate surface area is 231 Å². The number of methoxy groups -OCH3 is 1. The number of nitrogens with one attached hydrogen (secondary N) is 3. The number of allylic oxidation sites excluding steroid dienone is 1. The summed E-state index contributed by atoms with van der Waals surface area (Å²) < 4.78 is 11.5. The van der Waals surface area contributed by atoms with Crippen molar-refractivity contribution in [3.05, 3.63) is 99.7 Å². The molecule has 0 aromatic heterocycles. The third-order valence-electron chi connectivity index (χ3n) is 5.69. The first-order valence-electron chi connectivity index (χ1n) is 12.0. The van der Waals surface area contributed by atoms with E-state index in [0.29, 0.717) is 39.0 Å². The molecule has 0 saturated carbocycles. The molecule has 39 heavy (non-hydrogen) atoms. The molecule has 9 nitrogen and oxygen atoms in total. The van der Waals surface area contributed by atoms with Crippen LogP contribution in [-0.4, -0.2) is 30.1 Å². The molecule has 0 saturated heterocycles. The Morgan fingerprint density at radius 3 is 2.33 bits per heavy atom. The first kappa shape index (κ1) is 29.1. The molecule has 0 spiro atoms. The van der Waals surface area contributed by atoms with Crippen LogP contribution in [-0.2, 0) is 16.2 Å². The molecule has 1 aliphatic heterocycles. The van der Waals surface area contributed by atoms with Crippen LogP contribution < -0.4 is 25.4 Å². The summed E-state index contributed by atoms with van der Waals surface area (Å²) in [6, 6.07) is 19.2. The topological polar surface area (TPSA) is 126 Å². The Balaban J connectivity index is 0.000000983. The number of ether oxygens (including phenoxy) is 2. The van der Waals surface area contributed by atoms with Gasteiger partial charge >= 0.3 is 6.03 Å². The summed E-state index contributed by atoms with van der Waals surface area (Å²) in [5.74, 6) is -0.164. The van der Waals surface area contributed by atoms with E-state index in [4.69, 9.17) is 31.0 Å². The number of anilines is 1. The molecular weight excluding hydrogens is 522 g/mol. The van der Waals surface area contributed by atoms with Crippen molar-refractivity contribution >= 4 is 35.2 Å². The highest BCUT2D eigenvalue weighted by Crippen LogP contribution is 2.35. The fourth-order valence-electron chi connectivity index (χ4n) is 3.83. The Kier molecular flexibility index (Phi) is 9.94. The number of urea groups is 1. The van der Waals surface area contributed by atoms with E-state index in [-0.39, 0.29) is 12.5 Å². The number of carboxylic acid groups (broad SMARTS) is 1. The van der Waals surface area contributed by atoms with Crippen LogP contribution in [0, 0.1) is 6.92 Å². The predicted molar refractivity (Wildman–Crippen MR) is 149 cm³/mol. The number of rotatable bonds is 7. The summed E-state index contributed by atoms with van der Waals surface area (Å²) >= 11 is 6.23. The molecule has 1 atom stereocenters. The van der Waals surface area contributed by atoms with Crippen LogP contribution >= 0.6 is 11.6 Å². The Morgan fingerprint density at radius 2 is 1.69 bits per heavy atom. The molecule has 1 unspecified atom stereocenters. The zero-order valence-corrected chi connectivity index (χ0v) is 22.8. The molecule has 4 N–H and O–H groups in total. The minimum Gasteiger partial charge on any atom is -0.493 e. The van der Waals surface area contributed by atoms with Crippen molar-refractivity contribution in [2.24, 2.45) is 0 Å². The maximum absolute atomic E-state index is 13.2.